The Bertz CT molecular complexity index is 1050. The van der Waals surface area contributed by atoms with E-state index in [1.54, 1.807) is 26.8 Å². The van der Waals surface area contributed by atoms with Crippen LogP contribution < -0.4 is 19.5 Å². The first kappa shape index (κ1) is 22.2. The Morgan fingerprint density at radius 1 is 1.17 bits per heavy atom. The quantitative estimate of drug-likeness (QED) is 0.652. The predicted molar refractivity (Wildman–Crippen MR) is 113 cm³/mol. The first-order chi connectivity index (χ1) is 14.3. The molecule has 0 bridgehead atoms. The van der Waals surface area contributed by atoms with Crippen LogP contribution in [0.4, 0.5) is 5.69 Å². The van der Waals surface area contributed by atoms with Gasteiger partial charge in [-0.05, 0) is 37.3 Å². The lowest BCUT2D eigenvalue weighted by Gasteiger charge is -2.21. The fraction of sp³-hybridized carbons (Fsp3) is 0.350. The summed E-state index contributed by atoms with van der Waals surface area (Å²) in [6, 6.07) is 7.49. The third-order valence-corrected chi connectivity index (χ3v) is 6.87. The molecule has 1 N–H and O–H groups in total. The predicted octanol–water partition coefficient (Wildman–Crippen LogP) is 3.75. The van der Waals surface area contributed by atoms with Gasteiger partial charge in [-0.25, -0.2) is 8.42 Å². The van der Waals surface area contributed by atoms with Crippen LogP contribution in [0.2, 0.25) is 5.02 Å². The van der Waals surface area contributed by atoms with E-state index >= 15 is 0 Å². The SMILES string of the molecule is CCOc1ccc(NC(=O)c2cc(Cl)c3c(c2)OCO3)cc1S(=O)(=O)N(CC)CC. The number of benzene rings is 2. The highest BCUT2D eigenvalue weighted by atomic mass is 35.5. The molecule has 0 unspecified atom stereocenters. The van der Waals surface area contributed by atoms with Gasteiger partial charge in [0, 0.05) is 24.3 Å². The molecule has 0 radical (unpaired) electrons. The molecular formula is C20H23ClN2O6S. The average Bonchev–Trinajstić information content (AvgIpc) is 3.19. The van der Waals surface area contributed by atoms with Gasteiger partial charge in [-0.1, -0.05) is 25.4 Å². The zero-order valence-corrected chi connectivity index (χ0v) is 18.5. The van der Waals surface area contributed by atoms with Crippen LogP contribution in [0.3, 0.4) is 0 Å². The highest BCUT2D eigenvalue weighted by Crippen LogP contribution is 2.40. The number of nitrogens with one attached hydrogen (secondary N) is 1. The van der Waals surface area contributed by atoms with Gasteiger partial charge in [-0.15, -0.1) is 0 Å². The molecule has 162 valence electrons. The van der Waals surface area contributed by atoms with Crippen molar-refractivity contribution in [2.45, 2.75) is 25.7 Å². The number of amides is 1. The number of halogens is 1. The van der Waals surface area contributed by atoms with Crippen molar-refractivity contribution in [3.63, 3.8) is 0 Å². The Morgan fingerprint density at radius 2 is 1.90 bits per heavy atom. The molecule has 2 aromatic carbocycles. The zero-order valence-electron chi connectivity index (χ0n) is 16.9. The van der Waals surface area contributed by atoms with E-state index in [9.17, 15) is 13.2 Å². The number of anilines is 1. The van der Waals surface area contributed by atoms with Crippen LogP contribution in [0.1, 0.15) is 31.1 Å². The monoisotopic (exact) mass is 454 g/mol. The van der Waals surface area contributed by atoms with Gasteiger partial charge in [0.15, 0.2) is 11.5 Å². The molecule has 0 aliphatic carbocycles. The molecule has 0 aromatic heterocycles. The molecule has 2 aromatic rings. The van der Waals surface area contributed by atoms with Gasteiger partial charge in [-0.2, -0.15) is 4.31 Å². The lowest BCUT2D eigenvalue weighted by Crippen LogP contribution is -2.31. The largest absolute Gasteiger partial charge is 0.492 e. The minimum atomic E-state index is -3.79. The van der Waals surface area contributed by atoms with Crippen molar-refractivity contribution < 1.29 is 27.4 Å². The number of rotatable bonds is 8. The van der Waals surface area contributed by atoms with Gasteiger partial charge in [0.25, 0.3) is 5.91 Å². The van der Waals surface area contributed by atoms with Crippen molar-refractivity contribution in [3.8, 4) is 17.2 Å². The van der Waals surface area contributed by atoms with Gasteiger partial charge >= 0.3 is 0 Å². The van der Waals surface area contributed by atoms with Crippen molar-refractivity contribution in [1.82, 2.24) is 4.31 Å². The van der Waals surface area contributed by atoms with Crippen LogP contribution in [0.5, 0.6) is 17.2 Å². The minimum absolute atomic E-state index is 0.00503. The van der Waals surface area contributed by atoms with Crippen molar-refractivity contribution in [3.05, 3.63) is 40.9 Å². The molecule has 0 atom stereocenters. The van der Waals surface area contributed by atoms with Gasteiger partial charge in [-0.3, -0.25) is 4.79 Å². The number of carbonyl (C=O) groups excluding carboxylic acids is 1. The summed E-state index contributed by atoms with van der Waals surface area (Å²) in [6.07, 6.45) is 0. The van der Waals surface area contributed by atoms with Crippen LogP contribution in [-0.4, -0.2) is 45.1 Å². The van der Waals surface area contributed by atoms with E-state index in [1.165, 1.54) is 28.6 Å². The average molecular weight is 455 g/mol. The summed E-state index contributed by atoms with van der Waals surface area (Å²) < 4.78 is 43.5. The normalized spacial score (nSPS) is 12.8. The van der Waals surface area contributed by atoms with Gasteiger partial charge in [0.1, 0.15) is 10.6 Å². The number of fused-ring (bicyclic) bond motifs is 1. The number of sulfonamides is 1. The number of nitrogens with zero attached hydrogens (tertiary/aromatic N) is 1. The molecule has 1 heterocycles. The van der Waals surface area contributed by atoms with Crippen molar-refractivity contribution >= 4 is 33.2 Å². The summed E-state index contributed by atoms with van der Waals surface area (Å²) >= 11 is 6.14. The number of ether oxygens (including phenoxy) is 3. The summed E-state index contributed by atoms with van der Waals surface area (Å²) in [5, 5.41) is 2.96. The number of hydrogen-bond acceptors (Lipinski definition) is 6. The second-order valence-corrected chi connectivity index (χ2v) is 8.64. The van der Waals surface area contributed by atoms with E-state index in [4.69, 9.17) is 25.8 Å². The van der Waals surface area contributed by atoms with Gasteiger partial charge in [0.2, 0.25) is 16.8 Å². The van der Waals surface area contributed by atoms with Crippen molar-refractivity contribution in [2.75, 3.05) is 31.8 Å². The summed E-state index contributed by atoms with van der Waals surface area (Å²) in [5.74, 6) is 0.533. The smallest absolute Gasteiger partial charge is 0.255 e. The van der Waals surface area contributed by atoms with E-state index < -0.39 is 15.9 Å². The highest BCUT2D eigenvalue weighted by Gasteiger charge is 2.27. The molecule has 10 heteroatoms. The topological polar surface area (TPSA) is 94.2 Å². The molecule has 1 aliphatic rings. The molecule has 30 heavy (non-hydrogen) atoms. The fourth-order valence-electron chi connectivity index (χ4n) is 3.07. The molecule has 3 rings (SSSR count). The second kappa shape index (κ2) is 9.11. The number of hydrogen-bond donors (Lipinski definition) is 1. The molecular weight excluding hydrogens is 432 g/mol. The third kappa shape index (κ3) is 4.33. The molecule has 8 nitrogen and oxygen atoms in total. The van der Waals surface area contributed by atoms with Crippen LogP contribution in [0.15, 0.2) is 35.2 Å². The molecule has 0 saturated heterocycles. The second-order valence-electron chi connectivity index (χ2n) is 6.33. The lowest BCUT2D eigenvalue weighted by atomic mass is 10.2. The Hall–Kier alpha value is -2.49. The van der Waals surface area contributed by atoms with Crippen molar-refractivity contribution in [2.24, 2.45) is 0 Å². The summed E-state index contributed by atoms with van der Waals surface area (Å²) in [6.45, 7) is 6.26. The highest BCUT2D eigenvalue weighted by molar-refractivity contribution is 7.89. The lowest BCUT2D eigenvalue weighted by molar-refractivity contribution is 0.102. The Kier molecular flexibility index (Phi) is 6.74. The molecule has 0 spiro atoms. The molecule has 1 aliphatic heterocycles. The van der Waals surface area contributed by atoms with E-state index in [2.05, 4.69) is 5.32 Å². The maximum Gasteiger partial charge on any atom is 0.255 e. The maximum absolute atomic E-state index is 13.1. The van der Waals surface area contributed by atoms with Gasteiger partial charge in [0.05, 0.1) is 11.6 Å². The Morgan fingerprint density at radius 3 is 2.57 bits per heavy atom. The van der Waals surface area contributed by atoms with Crippen LogP contribution >= 0.6 is 11.6 Å². The van der Waals surface area contributed by atoms with Gasteiger partial charge < -0.3 is 19.5 Å². The first-order valence-electron chi connectivity index (χ1n) is 9.49. The summed E-state index contributed by atoms with van der Waals surface area (Å²) in [5.41, 5.74) is 0.564. The fourth-order valence-corrected chi connectivity index (χ4v) is 4.95. The molecule has 0 saturated carbocycles. The van der Waals surface area contributed by atoms with Crippen molar-refractivity contribution in [1.29, 1.82) is 0 Å². The Labute approximate surface area is 180 Å². The minimum Gasteiger partial charge on any atom is -0.492 e. The first-order valence-corrected chi connectivity index (χ1v) is 11.3. The zero-order chi connectivity index (χ0) is 21.9. The summed E-state index contributed by atoms with van der Waals surface area (Å²) in [7, 11) is -3.79. The maximum atomic E-state index is 13.1. The van der Waals surface area contributed by atoms with E-state index in [0.29, 0.717) is 36.9 Å². The Balaban J connectivity index is 1.94. The number of carbonyl (C=O) groups is 1. The van der Waals surface area contributed by atoms with E-state index in [-0.39, 0.29) is 28.0 Å². The van der Waals surface area contributed by atoms with Crippen LogP contribution in [0, 0.1) is 0 Å². The van der Waals surface area contributed by atoms with E-state index in [0.717, 1.165) is 0 Å². The molecule has 0 fully saturated rings. The third-order valence-electron chi connectivity index (χ3n) is 4.51. The molecule has 1 amide bonds. The standard InChI is InChI=1S/C20H23ClN2O6S/c1-4-23(5-2)30(25,26)18-11-14(7-8-16(18)27-6-3)22-20(24)13-9-15(21)19-17(10-13)28-12-29-19/h7-11H,4-6,12H2,1-3H3,(H,22,24). The van der Waals surface area contributed by atoms with Crippen LogP contribution in [0.25, 0.3) is 0 Å². The van der Waals surface area contributed by atoms with E-state index in [1.807, 2.05) is 0 Å². The van der Waals surface area contributed by atoms with Crippen LogP contribution in [-0.2, 0) is 10.0 Å². The summed E-state index contributed by atoms with van der Waals surface area (Å²) in [4.78, 5) is 12.7.